The second-order valence-corrected chi connectivity index (χ2v) is 5.42. The fourth-order valence-electron chi connectivity index (χ4n) is 2.83. The number of nitrogens with one attached hydrogen (secondary N) is 1. The molecule has 0 saturated carbocycles. The van der Waals surface area contributed by atoms with E-state index in [2.05, 4.69) is 5.32 Å². The summed E-state index contributed by atoms with van der Waals surface area (Å²) in [5.41, 5.74) is 2.91. The number of carbonyl (C=O) groups is 1. The third kappa shape index (κ3) is 2.83. The molecule has 2 aromatic rings. The maximum atomic E-state index is 11.6. The van der Waals surface area contributed by atoms with Crippen molar-refractivity contribution in [3.05, 3.63) is 70.3 Å². The molecule has 112 valence electrons. The van der Waals surface area contributed by atoms with Gasteiger partial charge in [-0.3, -0.25) is 14.9 Å². The van der Waals surface area contributed by atoms with Crippen molar-refractivity contribution >= 4 is 5.91 Å². The predicted octanol–water partition coefficient (Wildman–Crippen LogP) is 2.95. The molecule has 0 aliphatic carbocycles. The highest BCUT2D eigenvalue weighted by Crippen LogP contribution is 2.28. The predicted molar refractivity (Wildman–Crippen MR) is 82.8 cm³/mol. The fraction of sp³-hybridized carbons (Fsp3) is 0.235. The summed E-state index contributed by atoms with van der Waals surface area (Å²) in [7, 11) is 0. The molecule has 1 aliphatic heterocycles. The van der Waals surface area contributed by atoms with Gasteiger partial charge < -0.3 is 5.32 Å². The minimum absolute atomic E-state index is 0.129. The lowest BCUT2D eigenvalue weighted by Crippen LogP contribution is -2.45. The van der Waals surface area contributed by atoms with Crippen LogP contribution in [0.25, 0.3) is 11.1 Å². The van der Waals surface area contributed by atoms with Crippen LogP contribution in [0.15, 0.2) is 54.6 Å². The molecule has 2 aromatic carbocycles. The molecular formula is C17H16N2O3. The smallest absolute Gasteiger partial charge is 0.237 e. The second kappa shape index (κ2) is 5.97. The fourth-order valence-corrected chi connectivity index (χ4v) is 2.83. The molecular weight excluding hydrogens is 280 g/mol. The molecule has 0 aromatic heterocycles. The van der Waals surface area contributed by atoms with Crippen molar-refractivity contribution in [2.24, 2.45) is 0 Å². The quantitative estimate of drug-likeness (QED) is 0.699. The molecule has 2 atom stereocenters. The van der Waals surface area contributed by atoms with Gasteiger partial charge in [-0.15, -0.1) is 0 Å². The lowest BCUT2D eigenvalue weighted by molar-refractivity contribution is -0.529. The van der Waals surface area contributed by atoms with Crippen LogP contribution in [0.1, 0.15) is 24.4 Å². The maximum absolute atomic E-state index is 11.6. The zero-order valence-corrected chi connectivity index (χ0v) is 11.9. The van der Waals surface area contributed by atoms with E-state index in [9.17, 15) is 14.9 Å². The molecule has 22 heavy (non-hydrogen) atoms. The standard InChI is InChI=1S/C17H16N2O3/c20-16-11-10-15(19(21)22)17(18-16)14-8-6-13(7-9-14)12-4-2-1-3-5-12/h1-9,15,17H,10-11H2,(H,18,20)/t15-,17-/m1/s1. The number of rotatable bonds is 3. The van der Waals surface area contributed by atoms with Gasteiger partial charge in [-0.05, 0) is 16.7 Å². The summed E-state index contributed by atoms with van der Waals surface area (Å²) < 4.78 is 0. The van der Waals surface area contributed by atoms with Gasteiger partial charge in [0.25, 0.3) is 0 Å². The van der Waals surface area contributed by atoms with E-state index in [1.165, 1.54) is 0 Å². The number of nitrogens with zero attached hydrogens (tertiary/aromatic N) is 1. The van der Waals surface area contributed by atoms with Crippen LogP contribution in [0.2, 0.25) is 0 Å². The van der Waals surface area contributed by atoms with Crippen molar-refractivity contribution in [1.29, 1.82) is 0 Å². The van der Waals surface area contributed by atoms with Gasteiger partial charge in [0.05, 0.1) is 0 Å². The Balaban J connectivity index is 1.87. The van der Waals surface area contributed by atoms with Crippen LogP contribution < -0.4 is 5.32 Å². The van der Waals surface area contributed by atoms with Gasteiger partial charge in [0.2, 0.25) is 11.9 Å². The first-order valence-electron chi connectivity index (χ1n) is 7.23. The molecule has 0 unspecified atom stereocenters. The van der Waals surface area contributed by atoms with Crippen molar-refractivity contribution in [3.8, 4) is 11.1 Å². The minimum Gasteiger partial charge on any atom is -0.343 e. The van der Waals surface area contributed by atoms with Crippen LogP contribution >= 0.6 is 0 Å². The molecule has 1 heterocycles. The SMILES string of the molecule is O=C1CC[C@@H]([N+](=O)[O-])[C@@H](c2ccc(-c3ccccc3)cc2)N1. The molecule has 1 fully saturated rings. The lowest BCUT2D eigenvalue weighted by atomic mass is 9.91. The van der Waals surface area contributed by atoms with Crippen LogP contribution in [0.5, 0.6) is 0 Å². The van der Waals surface area contributed by atoms with E-state index in [0.29, 0.717) is 0 Å². The van der Waals surface area contributed by atoms with Crippen LogP contribution in [-0.2, 0) is 4.79 Å². The van der Waals surface area contributed by atoms with E-state index in [4.69, 9.17) is 0 Å². The third-order valence-corrected chi connectivity index (χ3v) is 4.02. The Labute approximate surface area is 128 Å². The Morgan fingerprint density at radius 2 is 1.64 bits per heavy atom. The van der Waals surface area contributed by atoms with Gasteiger partial charge in [-0.1, -0.05) is 54.6 Å². The van der Waals surface area contributed by atoms with Crippen molar-refractivity contribution in [3.63, 3.8) is 0 Å². The number of benzene rings is 2. The van der Waals surface area contributed by atoms with Crippen molar-refractivity contribution < 1.29 is 9.72 Å². The summed E-state index contributed by atoms with van der Waals surface area (Å²) in [6.07, 6.45) is 0.494. The number of piperidine rings is 1. The number of nitro groups is 1. The van der Waals surface area contributed by atoms with Gasteiger partial charge in [-0.25, -0.2) is 0 Å². The molecule has 0 spiro atoms. The van der Waals surface area contributed by atoms with E-state index in [1.54, 1.807) is 0 Å². The van der Waals surface area contributed by atoms with Crippen molar-refractivity contribution in [2.45, 2.75) is 24.9 Å². The molecule has 5 nitrogen and oxygen atoms in total. The monoisotopic (exact) mass is 296 g/mol. The summed E-state index contributed by atoms with van der Waals surface area (Å²) in [5, 5.41) is 13.9. The highest BCUT2D eigenvalue weighted by atomic mass is 16.6. The van der Waals surface area contributed by atoms with Crippen LogP contribution in [0, 0.1) is 10.1 Å². The van der Waals surface area contributed by atoms with Gasteiger partial charge in [0.1, 0.15) is 6.04 Å². The highest BCUT2D eigenvalue weighted by Gasteiger charge is 2.37. The summed E-state index contributed by atoms with van der Waals surface area (Å²) in [5.74, 6) is -0.129. The van der Waals surface area contributed by atoms with Crippen LogP contribution in [-0.4, -0.2) is 16.9 Å². The largest absolute Gasteiger partial charge is 0.343 e. The molecule has 0 bridgehead atoms. The summed E-state index contributed by atoms with van der Waals surface area (Å²) >= 11 is 0. The van der Waals surface area contributed by atoms with Crippen molar-refractivity contribution in [1.82, 2.24) is 5.32 Å². The Hall–Kier alpha value is -2.69. The van der Waals surface area contributed by atoms with Crippen LogP contribution in [0.3, 0.4) is 0 Å². The number of carbonyl (C=O) groups excluding carboxylic acids is 1. The summed E-state index contributed by atoms with van der Waals surface area (Å²) in [4.78, 5) is 22.5. The first kappa shape index (κ1) is 14.3. The molecule has 1 N–H and O–H groups in total. The van der Waals surface area contributed by atoms with Crippen LogP contribution in [0.4, 0.5) is 0 Å². The number of hydrogen-bond donors (Lipinski definition) is 1. The van der Waals surface area contributed by atoms with Gasteiger partial charge in [0, 0.05) is 17.8 Å². The molecule has 3 rings (SSSR count). The van der Waals surface area contributed by atoms with Gasteiger partial charge in [0.15, 0.2) is 0 Å². The molecule has 1 aliphatic rings. The highest BCUT2D eigenvalue weighted by molar-refractivity contribution is 5.77. The van der Waals surface area contributed by atoms with Gasteiger partial charge >= 0.3 is 0 Å². The zero-order chi connectivity index (χ0) is 15.5. The van der Waals surface area contributed by atoms with Gasteiger partial charge in [-0.2, -0.15) is 0 Å². The third-order valence-electron chi connectivity index (χ3n) is 4.02. The summed E-state index contributed by atoms with van der Waals surface area (Å²) in [6.45, 7) is 0. The number of amides is 1. The Kier molecular flexibility index (Phi) is 3.87. The van der Waals surface area contributed by atoms with Crippen molar-refractivity contribution in [2.75, 3.05) is 0 Å². The number of hydrogen-bond acceptors (Lipinski definition) is 3. The van der Waals surface area contributed by atoms with E-state index >= 15 is 0 Å². The average Bonchev–Trinajstić information content (AvgIpc) is 2.55. The Morgan fingerprint density at radius 1 is 1.00 bits per heavy atom. The summed E-state index contributed by atoms with van der Waals surface area (Å²) in [6, 6.07) is 16.2. The first-order chi connectivity index (χ1) is 10.6. The zero-order valence-electron chi connectivity index (χ0n) is 11.9. The molecule has 1 amide bonds. The molecule has 5 heteroatoms. The maximum Gasteiger partial charge on any atom is 0.237 e. The Morgan fingerprint density at radius 3 is 2.27 bits per heavy atom. The van der Waals surface area contributed by atoms with E-state index in [1.807, 2.05) is 54.6 Å². The molecule has 0 radical (unpaired) electrons. The lowest BCUT2D eigenvalue weighted by Gasteiger charge is -2.26. The minimum atomic E-state index is -0.764. The topological polar surface area (TPSA) is 72.2 Å². The van der Waals surface area contributed by atoms with E-state index in [0.717, 1.165) is 16.7 Å². The van der Waals surface area contributed by atoms with E-state index in [-0.39, 0.29) is 23.7 Å². The Bertz CT molecular complexity index is 683. The normalized spacial score (nSPS) is 21.2. The molecule has 1 saturated heterocycles. The average molecular weight is 296 g/mol. The first-order valence-corrected chi connectivity index (χ1v) is 7.23. The van der Waals surface area contributed by atoms with E-state index < -0.39 is 12.1 Å². The second-order valence-electron chi connectivity index (χ2n) is 5.42.